The molecule has 0 bridgehead atoms. The maximum absolute atomic E-state index is 13.3. The molecule has 2 aliphatic carbocycles. The lowest BCUT2D eigenvalue weighted by Gasteiger charge is -2.37. The summed E-state index contributed by atoms with van der Waals surface area (Å²) in [5, 5.41) is 0. The number of hydrogen-bond donors (Lipinski definition) is 1. The van der Waals surface area contributed by atoms with Gasteiger partial charge < -0.3 is 10.6 Å². The van der Waals surface area contributed by atoms with Crippen molar-refractivity contribution in [2.24, 2.45) is 23.5 Å². The first kappa shape index (κ1) is 13.3. The van der Waals surface area contributed by atoms with E-state index in [0.717, 1.165) is 19.3 Å². The van der Waals surface area contributed by atoms with Crippen LogP contribution >= 0.6 is 0 Å². The molecule has 0 radical (unpaired) electrons. The first-order valence-electron chi connectivity index (χ1n) is 7.38. The van der Waals surface area contributed by atoms with Gasteiger partial charge in [0.1, 0.15) is 0 Å². The third kappa shape index (κ3) is 2.49. The van der Waals surface area contributed by atoms with Crippen LogP contribution in [-0.4, -0.2) is 35.9 Å². The van der Waals surface area contributed by atoms with Gasteiger partial charge in [-0.2, -0.15) is 0 Å². The van der Waals surface area contributed by atoms with Crippen molar-refractivity contribution >= 4 is 5.91 Å². The van der Waals surface area contributed by atoms with E-state index in [1.54, 1.807) is 4.90 Å². The number of carbonyl (C=O) groups is 1. The number of nitrogens with two attached hydrogens (primary N) is 1. The lowest BCUT2D eigenvalue weighted by atomic mass is 9.72. The topological polar surface area (TPSA) is 46.3 Å². The standard InChI is InChI=1S/C14H22F2N2O/c15-14(16)2-1-4-18(5-3-14)13(19)10-6-9-8-12(17)11(9)7-10/h9-12H,1-8,17H2/t9-,10?,11-,12+/m0/s1. The summed E-state index contributed by atoms with van der Waals surface area (Å²) in [6, 6.07) is 0.260. The number of halogens is 2. The molecule has 2 saturated carbocycles. The van der Waals surface area contributed by atoms with Gasteiger partial charge in [0.2, 0.25) is 11.8 Å². The summed E-state index contributed by atoms with van der Waals surface area (Å²) in [5.41, 5.74) is 5.94. The summed E-state index contributed by atoms with van der Waals surface area (Å²) in [6.07, 6.45) is 2.97. The third-order valence-electron chi connectivity index (χ3n) is 5.25. The molecule has 0 spiro atoms. The van der Waals surface area contributed by atoms with E-state index in [2.05, 4.69) is 0 Å². The molecule has 3 aliphatic rings. The van der Waals surface area contributed by atoms with Crippen molar-refractivity contribution in [3.8, 4) is 0 Å². The minimum atomic E-state index is -2.59. The van der Waals surface area contributed by atoms with Crippen LogP contribution in [0.15, 0.2) is 0 Å². The average molecular weight is 272 g/mol. The normalized spacial score (nSPS) is 41.3. The number of carbonyl (C=O) groups excluding carboxylic acids is 1. The second-order valence-electron chi connectivity index (χ2n) is 6.53. The summed E-state index contributed by atoms with van der Waals surface area (Å²) in [4.78, 5) is 14.1. The van der Waals surface area contributed by atoms with Crippen molar-refractivity contribution in [1.82, 2.24) is 4.90 Å². The zero-order valence-corrected chi connectivity index (χ0v) is 11.2. The van der Waals surface area contributed by atoms with E-state index in [1.165, 1.54) is 0 Å². The molecule has 2 N–H and O–H groups in total. The minimum absolute atomic E-state index is 0.0373. The molecule has 0 aromatic heterocycles. The molecular weight excluding hydrogens is 250 g/mol. The van der Waals surface area contributed by atoms with Gasteiger partial charge in [-0.15, -0.1) is 0 Å². The Labute approximate surface area is 112 Å². The highest BCUT2D eigenvalue weighted by atomic mass is 19.3. The maximum Gasteiger partial charge on any atom is 0.249 e. The summed E-state index contributed by atoms with van der Waals surface area (Å²) in [7, 11) is 0. The Balaban J connectivity index is 1.58. The number of nitrogens with zero attached hydrogens (tertiary/aromatic N) is 1. The fourth-order valence-electron chi connectivity index (χ4n) is 4.03. The zero-order valence-electron chi connectivity index (χ0n) is 11.2. The van der Waals surface area contributed by atoms with Crippen LogP contribution in [0.3, 0.4) is 0 Å². The first-order valence-corrected chi connectivity index (χ1v) is 7.38. The van der Waals surface area contributed by atoms with Crippen molar-refractivity contribution in [2.45, 2.75) is 50.5 Å². The summed E-state index contributed by atoms with van der Waals surface area (Å²) in [5.74, 6) is -1.35. The largest absolute Gasteiger partial charge is 0.342 e. The predicted octanol–water partition coefficient (Wildman–Crippen LogP) is 2.01. The molecule has 5 heteroatoms. The van der Waals surface area contributed by atoms with Crippen LogP contribution in [0.2, 0.25) is 0 Å². The molecule has 3 fully saturated rings. The number of rotatable bonds is 1. The van der Waals surface area contributed by atoms with Crippen molar-refractivity contribution in [3.05, 3.63) is 0 Å². The van der Waals surface area contributed by atoms with Gasteiger partial charge in [0.05, 0.1) is 0 Å². The molecule has 1 amide bonds. The lowest BCUT2D eigenvalue weighted by Crippen LogP contribution is -2.44. The fraction of sp³-hybridized carbons (Fsp3) is 0.929. The van der Waals surface area contributed by atoms with Crippen LogP contribution in [0.5, 0.6) is 0 Å². The molecule has 1 heterocycles. The van der Waals surface area contributed by atoms with Crippen LogP contribution < -0.4 is 5.73 Å². The maximum atomic E-state index is 13.3. The summed E-state index contributed by atoms with van der Waals surface area (Å²) < 4.78 is 26.6. The van der Waals surface area contributed by atoms with E-state index < -0.39 is 5.92 Å². The van der Waals surface area contributed by atoms with Crippen molar-refractivity contribution < 1.29 is 13.6 Å². The highest BCUT2D eigenvalue weighted by molar-refractivity contribution is 5.79. The second kappa shape index (κ2) is 4.69. The third-order valence-corrected chi connectivity index (χ3v) is 5.25. The van der Waals surface area contributed by atoms with Crippen LogP contribution in [0, 0.1) is 17.8 Å². The van der Waals surface area contributed by atoms with Gasteiger partial charge in [0.15, 0.2) is 0 Å². The molecular formula is C14H22F2N2O. The van der Waals surface area contributed by atoms with E-state index in [9.17, 15) is 13.6 Å². The van der Waals surface area contributed by atoms with Crippen molar-refractivity contribution in [3.63, 3.8) is 0 Å². The van der Waals surface area contributed by atoms with E-state index in [1.807, 2.05) is 0 Å². The van der Waals surface area contributed by atoms with Crippen LogP contribution in [0.25, 0.3) is 0 Å². The molecule has 1 aliphatic heterocycles. The van der Waals surface area contributed by atoms with Gasteiger partial charge in [-0.1, -0.05) is 0 Å². The predicted molar refractivity (Wildman–Crippen MR) is 67.7 cm³/mol. The fourth-order valence-corrected chi connectivity index (χ4v) is 4.03. The number of hydrogen-bond acceptors (Lipinski definition) is 2. The highest BCUT2D eigenvalue weighted by Crippen LogP contribution is 2.49. The monoisotopic (exact) mass is 272 g/mol. The molecule has 0 aromatic rings. The first-order chi connectivity index (χ1) is 8.96. The van der Waals surface area contributed by atoms with Crippen LogP contribution in [-0.2, 0) is 4.79 Å². The number of amides is 1. The quantitative estimate of drug-likeness (QED) is 0.793. The lowest BCUT2D eigenvalue weighted by molar-refractivity contribution is -0.135. The van der Waals surface area contributed by atoms with Gasteiger partial charge in [0.25, 0.3) is 0 Å². The molecule has 19 heavy (non-hydrogen) atoms. The Morgan fingerprint density at radius 1 is 1.16 bits per heavy atom. The smallest absolute Gasteiger partial charge is 0.249 e. The zero-order chi connectivity index (χ0) is 13.6. The van der Waals surface area contributed by atoms with Gasteiger partial charge in [-0.25, -0.2) is 8.78 Å². The Bertz CT molecular complexity index is 374. The minimum Gasteiger partial charge on any atom is -0.342 e. The Morgan fingerprint density at radius 2 is 1.95 bits per heavy atom. The molecule has 1 unspecified atom stereocenters. The molecule has 0 aromatic carbocycles. The van der Waals surface area contributed by atoms with Gasteiger partial charge in [-0.3, -0.25) is 4.79 Å². The number of alkyl halides is 2. The Hall–Kier alpha value is -0.710. The summed E-state index contributed by atoms with van der Waals surface area (Å²) in [6.45, 7) is 0.704. The van der Waals surface area contributed by atoms with Crippen LogP contribution in [0.4, 0.5) is 8.78 Å². The highest BCUT2D eigenvalue weighted by Gasteiger charge is 2.48. The van der Waals surface area contributed by atoms with E-state index in [4.69, 9.17) is 5.73 Å². The van der Waals surface area contributed by atoms with Gasteiger partial charge in [0, 0.05) is 37.9 Å². The average Bonchev–Trinajstić information content (AvgIpc) is 2.59. The number of likely N-dealkylation sites (tertiary alicyclic amines) is 1. The SMILES string of the molecule is N[C@@H]1C[C@@H]2CC(C(=O)N3CCCC(F)(F)CC3)C[C@@H]21. The Kier molecular flexibility index (Phi) is 3.28. The van der Waals surface area contributed by atoms with Gasteiger partial charge >= 0.3 is 0 Å². The molecule has 3 rings (SSSR count). The molecule has 4 atom stereocenters. The molecule has 3 nitrogen and oxygen atoms in total. The number of fused-ring (bicyclic) bond motifs is 1. The van der Waals surface area contributed by atoms with E-state index in [-0.39, 0.29) is 37.3 Å². The van der Waals surface area contributed by atoms with Crippen molar-refractivity contribution in [1.29, 1.82) is 0 Å². The van der Waals surface area contributed by atoms with E-state index in [0.29, 0.717) is 24.8 Å². The summed E-state index contributed by atoms with van der Waals surface area (Å²) >= 11 is 0. The van der Waals surface area contributed by atoms with Crippen molar-refractivity contribution in [2.75, 3.05) is 13.1 Å². The van der Waals surface area contributed by atoms with E-state index >= 15 is 0 Å². The Morgan fingerprint density at radius 3 is 2.63 bits per heavy atom. The van der Waals surface area contributed by atoms with Gasteiger partial charge in [-0.05, 0) is 37.5 Å². The second-order valence-corrected chi connectivity index (χ2v) is 6.53. The molecule has 1 saturated heterocycles. The van der Waals surface area contributed by atoms with Crippen LogP contribution in [0.1, 0.15) is 38.5 Å². The molecule has 108 valence electrons.